The van der Waals surface area contributed by atoms with Crippen LogP contribution in [0.1, 0.15) is 20.7 Å². The van der Waals surface area contributed by atoms with Gasteiger partial charge in [0.1, 0.15) is 12.4 Å². The van der Waals surface area contributed by atoms with Gasteiger partial charge in [-0.05, 0) is 30.3 Å². The molecule has 0 spiro atoms. The molecule has 0 fully saturated rings. The van der Waals surface area contributed by atoms with Crippen LogP contribution in [0, 0.1) is 0 Å². The Morgan fingerprint density at radius 1 is 1.05 bits per heavy atom. The highest BCUT2D eigenvalue weighted by atomic mass is 16.5. The Labute approximate surface area is 121 Å². The number of rotatable bonds is 2. The number of para-hydroxylation sites is 2. The molecule has 0 saturated heterocycles. The number of fused-ring (bicyclic) bond motifs is 1. The van der Waals surface area contributed by atoms with Crippen LogP contribution in [0.5, 0.6) is 5.75 Å². The molecule has 1 heterocycles. The molecule has 3 rings (SSSR count). The minimum atomic E-state index is -0.549. The summed E-state index contributed by atoms with van der Waals surface area (Å²) in [6, 6.07) is 13.8. The summed E-state index contributed by atoms with van der Waals surface area (Å²) in [7, 11) is 0. The van der Waals surface area contributed by atoms with E-state index in [9.17, 15) is 9.59 Å². The molecular weight excluding hydrogens is 268 g/mol. The van der Waals surface area contributed by atoms with Gasteiger partial charge in [0.2, 0.25) is 5.91 Å². The summed E-state index contributed by atoms with van der Waals surface area (Å²) in [6.45, 7) is 0.912. The number of hydrogen-bond acceptors (Lipinski definition) is 3. The first-order chi connectivity index (χ1) is 10.2. The Hall–Kier alpha value is -2.82. The predicted molar refractivity (Wildman–Crippen MR) is 78.6 cm³/mol. The maximum absolute atomic E-state index is 12.7. The standard InChI is InChI=1S/C16H14N2O3/c17-15(19)11-4-3-5-12(10-11)16(20)18-8-9-21-14-7-2-1-6-13(14)18/h1-7,10H,8-9H2,(H2,17,19). The number of carbonyl (C=O) groups is 2. The third kappa shape index (κ3) is 2.45. The first-order valence-corrected chi connectivity index (χ1v) is 6.60. The molecule has 106 valence electrons. The Morgan fingerprint density at radius 2 is 1.81 bits per heavy atom. The summed E-state index contributed by atoms with van der Waals surface area (Å²) in [5.74, 6) is -0.0379. The van der Waals surface area contributed by atoms with E-state index in [2.05, 4.69) is 0 Å². The Kier molecular flexibility index (Phi) is 3.31. The van der Waals surface area contributed by atoms with Crippen molar-refractivity contribution < 1.29 is 14.3 Å². The SMILES string of the molecule is NC(=O)c1cccc(C(=O)N2CCOc3ccccc32)c1. The van der Waals surface area contributed by atoms with E-state index in [4.69, 9.17) is 10.5 Å². The number of primary amides is 1. The highest BCUT2D eigenvalue weighted by Gasteiger charge is 2.24. The second-order valence-electron chi connectivity index (χ2n) is 4.72. The van der Waals surface area contributed by atoms with Crippen LogP contribution in [-0.4, -0.2) is 25.0 Å². The molecule has 5 heteroatoms. The van der Waals surface area contributed by atoms with E-state index in [1.807, 2.05) is 24.3 Å². The van der Waals surface area contributed by atoms with Gasteiger partial charge in [0.25, 0.3) is 5.91 Å². The van der Waals surface area contributed by atoms with E-state index in [0.29, 0.717) is 30.0 Å². The van der Waals surface area contributed by atoms with Gasteiger partial charge in [0.05, 0.1) is 12.2 Å². The van der Waals surface area contributed by atoms with Crippen molar-refractivity contribution in [3.63, 3.8) is 0 Å². The van der Waals surface area contributed by atoms with Crippen molar-refractivity contribution in [3.05, 3.63) is 59.7 Å². The van der Waals surface area contributed by atoms with E-state index >= 15 is 0 Å². The minimum absolute atomic E-state index is 0.172. The first kappa shape index (κ1) is 13.2. The number of ether oxygens (including phenoxy) is 1. The number of carbonyl (C=O) groups excluding carboxylic acids is 2. The Bertz CT molecular complexity index is 712. The molecule has 21 heavy (non-hydrogen) atoms. The third-order valence-electron chi connectivity index (χ3n) is 3.37. The maximum Gasteiger partial charge on any atom is 0.258 e. The quantitative estimate of drug-likeness (QED) is 0.913. The Morgan fingerprint density at radius 3 is 2.62 bits per heavy atom. The average molecular weight is 282 g/mol. The van der Waals surface area contributed by atoms with Crippen molar-refractivity contribution in [3.8, 4) is 5.75 Å². The van der Waals surface area contributed by atoms with E-state index in [-0.39, 0.29) is 5.91 Å². The number of nitrogens with two attached hydrogens (primary N) is 1. The van der Waals surface area contributed by atoms with Crippen LogP contribution in [0.25, 0.3) is 0 Å². The van der Waals surface area contributed by atoms with Gasteiger partial charge in [-0.25, -0.2) is 0 Å². The molecule has 0 aliphatic carbocycles. The van der Waals surface area contributed by atoms with Gasteiger partial charge in [-0.3, -0.25) is 9.59 Å². The van der Waals surface area contributed by atoms with Crippen LogP contribution in [0.3, 0.4) is 0 Å². The zero-order valence-corrected chi connectivity index (χ0v) is 11.3. The van der Waals surface area contributed by atoms with E-state index in [1.54, 1.807) is 23.1 Å². The number of anilines is 1. The number of hydrogen-bond donors (Lipinski definition) is 1. The summed E-state index contributed by atoms with van der Waals surface area (Å²) in [4.78, 5) is 25.5. The number of benzene rings is 2. The molecule has 0 unspecified atom stereocenters. The average Bonchev–Trinajstić information content (AvgIpc) is 2.53. The summed E-state index contributed by atoms with van der Waals surface area (Å²) in [6.07, 6.45) is 0. The van der Waals surface area contributed by atoms with Crippen molar-refractivity contribution in [1.82, 2.24) is 0 Å². The Balaban J connectivity index is 1.96. The molecule has 2 aromatic carbocycles. The van der Waals surface area contributed by atoms with E-state index < -0.39 is 5.91 Å². The molecule has 1 aliphatic rings. The third-order valence-corrected chi connectivity index (χ3v) is 3.37. The van der Waals surface area contributed by atoms with Crippen LogP contribution < -0.4 is 15.4 Å². The van der Waals surface area contributed by atoms with Gasteiger partial charge in [0, 0.05) is 11.1 Å². The van der Waals surface area contributed by atoms with Crippen LogP contribution in [0.4, 0.5) is 5.69 Å². The molecular formula is C16H14N2O3. The lowest BCUT2D eigenvalue weighted by Crippen LogP contribution is -2.38. The van der Waals surface area contributed by atoms with Crippen molar-refractivity contribution in [2.75, 3.05) is 18.1 Å². The lowest BCUT2D eigenvalue weighted by molar-refractivity contribution is 0.0976. The van der Waals surface area contributed by atoms with Gasteiger partial charge >= 0.3 is 0 Å². The topological polar surface area (TPSA) is 72.6 Å². The lowest BCUT2D eigenvalue weighted by atomic mass is 10.1. The van der Waals surface area contributed by atoms with Crippen molar-refractivity contribution >= 4 is 17.5 Å². The van der Waals surface area contributed by atoms with Gasteiger partial charge in [0.15, 0.2) is 0 Å². The fraction of sp³-hybridized carbons (Fsp3) is 0.125. The molecule has 0 radical (unpaired) electrons. The molecule has 2 N–H and O–H groups in total. The van der Waals surface area contributed by atoms with E-state index in [1.165, 1.54) is 6.07 Å². The fourth-order valence-electron chi connectivity index (χ4n) is 2.34. The molecule has 0 atom stereocenters. The van der Waals surface area contributed by atoms with Crippen molar-refractivity contribution in [1.29, 1.82) is 0 Å². The van der Waals surface area contributed by atoms with Gasteiger partial charge in [-0.1, -0.05) is 18.2 Å². The monoisotopic (exact) mass is 282 g/mol. The fourth-order valence-corrected chi connectivity index (χ4v) is 2.34. The second-order valence-corrected chi connectivity index (χ2v) is 4.72. The van der Waals surface area contributed by atoms with Crippen molar-refractivity contribution in [2.24, 2.45) is 5.73 Å². The van der Waals surface area contributed by atoms with Crippen LogP contribution in [0.15, 0.2) is 48.5 Å². The molecule has 5 nitrogen and oxygen atoms in total. The first-order valence-electron chi connectivity index (χ1n) is 6.60. The van der Waals surface area contributed by atoms with Crippen molar-refractivity contribution in [2.45, 2.75) is 0 Å². The normalized spacial score (nSPS) is 13.2. The highest BCUT2D eigenvalue weighted by molar-refractivity contribution is 6.08. The largest absolute Gasteiger partial charge is 0.490 e. The van der Waals surface area contributed by atoms with Gasteiger partial charge in [-0.2, -0.15) is 0 Å². The number of nitrogens with zero attached hydrogens (tertiary/aromatic N) is 1. The summed E-state index contributed by atoms with van der Waals surface area (Å²) in [5, 5.41) is 0. The van der Waals surface area contributed by atoms with Crippen LogP contribution in [0.2, 0.25) is 0 Å². The summed E-state index contributed by atoms with van der Waals surface area (Å²) >= 11 is 0. The number of amides is 2. The molecule has 2 aromatic rings. The van der Waals surface area contributed by atoms with Gasteiger partial charge < -0.3 is 15.4 Å². The second kappa shape index (κ2) is 5.28. The maximum atomic E-state index is 12.7. The zero-order valence-electron chi connectivity index (χ0n) is 11.3. The smallest absolute Gasteiger partial charge is 0.258 e. The van der Waals surface area contributed by atoms with Gasteiger partial charge in [-0.15, -0.1) is 0 Å². The van der Waals surface area contributed by atoms with E-state index in [0.717, 1.165) is 5.69 Å². The highest BCUT2D eigenvalue weighted by Crippen LogP contribution is 2.31. The van der Waals surface area contributed by atoms with Crippen LogP contribution in [-0.2, 0) is 0 Å². The molecule has 0 bridgehead atoms. The molecule has 2 amide bonds. The summed E-state index contributed by atoms with van der Waals surface area (Å²) in [5.41, 5.74) is 6.74. The van der Waals surface area contributed by atoms with Crippen LogP contribution >= 0.6 is 0 Å². The molecule has 0 aromatic heterocycles. The minimum Gasteiger partial charge on any atom is -0.490 e. The molecule has 1 aliphatic heterocycles. The molecule has 0 saturated carbocycles. The summed E-state index contributed by atoms with van der Waals surface area (Å²) < 4.78 is 5.53. The predicted octanol–water partition coefficient (Wildman–Crippen LogP) is 1.82. The lowest BCUT2D eigenvalue weighted by Gasteiger charge is -2.29. The zero-order chi connectivity index (χ0) is 14.8.